The van der Waals surface area contributed by atoms with Crippen molar-refractivity contribution in [2.75, 3.05) is 6.61 Å². The lowest BCUT2D eigenvalue weighted by Crippen LogP contribution is -2.44. The number of carboxylic acids is 1. The van der Waals surface area contributed by atoms with E-state index in [1.165, 1.54) is 6.42 Å². The predicted octanol–water partition coefficient (Wildman–Crippen LogP) is -0.406. The molecule has 5 nitrogen and oxygen atoms in total. The van der Waals surface area contributed by atoms with Gasteiger partial charge in [0.15, 0.2) is 0 Å². The first-order valence-corrected chi connectivity index (χ1v) is 5.29. The van der Waals surface area contributed by atoms with Crippen molar-refractivity contribution in [3.63, 3.8) is 0 Å². The predicted molar refractivity (Wildman–Crippen MR) is 51.0 cm³/mol. The number of fused-ring (bicyclic) bond motifs is 1. The van der Waals surface area contributed by atoms with Gasteiger partial charge in [0.25, 0.3) is 0 Å². The largest absolute Gasteiger partial charge is 0.480 e. The molecule has 0 aromatic rings. The Kier molecular flexibility index (Phi) is 2.65. The van der Waals surface area contributed by atoms with Crippen LogP contribution in [0.15, 0.2) is 0 Å². The van der Waals surface area contributed by atoms with E-state index in [1.807, 2.05) is 0 Å². The Balaban J connectivity index is 1.85. The SMILES string of the molecule is O=C(O)C(CO)NC(=O)C1C2CCCC21. The standard InChI is InChI=1S/C10H15NO4/c12-4-7(10(14)15)11-9(13)8-5-2-1-3-6(5)8/h5-8,12H,1-4H2,(H,11,13)(H,14,15). The summed E-state index contributed by atoms with van der Waals surface area (Å²) in [5.41, 5.74) is 0. The molecule has 2 aliphatic rings. The normalized spacial score (nSPS) is 34.3. The Hall–Kier alpha value is -1.10. The molecule has 3 unspecified atom stereocenters. The van der Waals surface area contributed by atoms with Crippen LogP contribution in [-0.4, -0.2) is 34.7 Å². The van der Waals surface area contributed by atoms with E-state index in [1.54, 1.807) is 0 Å². The lowest BCUT2D eigenvalue weighted by molar-refractivity contribution is -0.143. The smallest absolute Gasteiger partial charge is 0.328 e. The van der Waals surface area contributed by atoms with Crippen LogP contribution in [0.5, 0.6) is 0 Å². The lowest BCUT2D eigenvalue weighted by atomic mass is 10.1. The molecule has 5 heteroatoms. The summed E-state index contributed by atoms with van der Waals surface area (Å²) >= 11 is 0. The zero-order chi connectivity index (χ0) is 11.0. The Morgan fingerprint density at radius 1 is 1.33 bits per heavy atom. The van der Waals surface area contributed by atoms with Gasteiger partial charge in [0.05, 0.1) is 6.61 Å². The van der Waals surface area contributed by atoms with E-state index >= 15 is 0 Å². The molecule has 1 amide bonds. The fourth-order valence-electron chi connectivity index (χ4n) is 2.66. The van der Waals surface area contributed by atoms with Crippen molar-refractivity contribution >= 4 is 11.9 Å². The van der Waals surface area contributed by atoms with Crippen molar-refractivity contribution in [3.8, 4) is 0 Å². The highest BCUT2D eigenvalue weighted by molar-refractivity contribution is 5.87. The van der Waals surface area contributed by atoms with E-state index in [9.17, 15) is 9.59 Å². The summed E-state index contributed by atoms with van der Waals surface area (Å²) in [5.74, 6) is -0.439. The minimum Gasteiger partial charge on any atom is -0.480 e. The molecule has 3 N–H and O–H groups in total. The molecule has 0 saturated heterocycles. The van der Waals surface area contributed by atoms with Crippen LogP contribution in [0.4, 0.5) is 0 Å². The molecule has 0 aromatic heterocycles. The van der Waals surface area contributed by atoms with E-state index in [0.29, 0.717) is 11.8 Å². The number of carbonyl (C=O) groups is 2. The van der Waals surface area contributed by atoms with Crippen molar-refractivity contribution in [3.05, 3.63) is 0 Å². The van der Waals surface area contributed by atoms with Crippen LogP contribution < -0.4 is 5.32 Å². The Labute approximate surface area is 87.5 Å². The molecule has 2 fully saturated rings. The molecule has 0 heterocycles. The second-order valence-corrected chi connectivity index (χ2v) is 4.37. The minimum absolute atomic E-state index is 0.00662. The van der Waals surface area contributed by atoms with Gasteiger partial charge in [0.1, 0.15) is 6.04 Å². The van der Waals surface area contributed by atoms with Crippen molar-refractivity contribution in [2.45, 2.75) is 25.3 Å². The minimum atomic E-state index is -1.18. The van der Waals surface area contributed by atoms with E-state index in [0.717, 1.165) is 12.8 Å². The summed E-state index contributed by atoms with van der Waals surface area (Å²) in [6.45, 7) is -0.552. The molecule has 0 spiro atoms. The third-order valence-electron chi connectivity index (χ3n) is 3.51. The number of carbonyl (C=O) groups excluding carboxylic acids is 1. The van der Waals surface area contributed by atoms with Gasteiger partial charge in [0.2, 0.25) is 5.91 Å². The maximum absolute atomic E-state index is 11.6. The maximum Gasteiger partial charge on any atom is 0.328 e. The Morgan fingerprint density at radius 2 is 1.93 bits per heavy atom. The fraction of sp³-hybridized carbons (Fsp3) is 0.800. The van der Waals surface area contributed by atoms with Crippen LogP contribution >= 0.6 is 0 Å². The molecule has 15 heavy (non-hydrogen) atoms. The van der Waals surface area contributed by atoms with Crippen molar-refractivity contribution in [1.29, 1.82) is 0 Å². The Morgan fingerprint density at radius 3 is 2.40 bits per heavy atom. The topological polar surface area (TPSA) is 86.6 Å². The average Bonchev–Trinajstić information content (AvgIpc) is 2.68. The van der Waals surface area contributed by atoms with Gasteiger partial charge in [-0.25, -0.2) is 4.79 Å². The first-order valence-electron chi connectivity index (χ1n) is 5.29. The summed E-state index contributed by atoms with van der Waals surface area (Å²) < 4.78 is 0. The first-order chi connectivity index (χ1) is 7.15. The van der Waals surface area contributed by atoms with Crippen molar-refractivity contribution in [1.82, 2.24) is 5.32 Å². The summed E-state index contributed by atoms with van der Waals surface area (Å²) in [4.78, 5) is 22.2. The summed E-state index contributed by atoms with van der Waals surface area (Å²) in [7, 11) is 0. The monoisotopic (exact) mass is 213 g/mol. The number of aliphatic hydroxyl groups excluding tert-OH is 1. The molecule has 0 aromatic carbocycles. The molecule has 2 saturated carbocycles. The highest BCUT2D eigenvalue weighted by Crippen LogP contribution is 2.57. The quantitative estimate of drug-likeness (QED) is 0.592. The molecule has 0 aliphatic heterocycles. The molecule has 84 valence electrons. The van der Waals surface area contributed by atoms with Gasteiger partial charge < -0.3 is 15.5 Å². The highest BCUT2D eigenvalue weighted by atomic mass is 16.4. The molecule has 2 rings (SSSR count). The number of carboxylic acid groups (broad SMARTS) is 1. The zero-order valence-electron chi connectivity index (χ0n) is 8.35. The van der Waals surface area contributed by atoms with Crippen LogP contribution in [0.25, 0.3) is 0 Å². The molecule has 0 radical (unpaired) electrons. The number of hydrogen-bond donors (Lipinski definition) is 3. The fourth-order valence-corrected chi connectivity index (χ4v) is 2.66. The van der Waals surface area contributed by atoms with Gasteiger partial charge in [-0.15, -0.1) is 0 Å². The first kappa shape index (κ1) is 10.4. The van der Waals surface area contributed by atoms with Crippen LogP contribution in [0.1, 0.15) is 19.3 Å². The maximum atomic E-state index is 11.6. The number of rotatable bonds is 4. The van der Waals surface area contributed by atoms with E-state index < -0.39 is 18.6 Å². The number of hydrogen-bond acceptors (Lipinski definition) is 3. The van der Waals surface area contributed by atoms with E-state index in [2.05, 4.69) is 5.32 Å². The second kappa shape index (κ2) is 3.81. The van der Waals surface area contributed by atoms with Crippen LogP contribution in [0.3, 0.4) is 0 Å². The van der Waals surface area contributed by atoms with Gasteiger partial charge in [-0.3, -0.25) is 4.79 Å². The molecule has 0 bridgehead atoms. The van der Waals surface area contributed by atoms with Crippen molar-refractivity contribution < 1.29 is 19.8 Å². The van der Waals surface area contributed by atoms with Crippen molar-refractivity contribution in [2.24, 2.45) is 17.8 Å². The van der Waals surface area contributed by atoms with E-state index in [4.69, 9.17) is 10.2 Å². The summed E-state index contributed by atoms with van der Waals surface area (Å²) in [5, 5.41) is 19.8. The van der Waals surface area contributed by atoms with Gasteiger partial charge in [-0.1, -0.05) is 6.42 Å². The highest BCUT2D eigenvalue weighted by Gasteiger charge is 2.56. The van der Waals surface area contributed by atoms with Crippen LogP contribution in [0.2, 0.25) is 0 Å². The van der Waals surface area contributed by atoms with Crippen LogP contribution in [-0.2, 0) is 9.59 Å². The van der Waals surface area contributed by atoms with Crippen LogP contribution in [0, 0.1) is 17.8 Å². The zero-order valence-corrected chi connectivity index (χ0v) is 8.35. The summed E-state index contributed by atoms with van der Waals surface area (Å²) in [6.07, 6.45) is 3.35. The number of amides is 1. The number of aliphatic carboxylic acids is 1. The molecular weight excluding hydrogens is 198 g/mol. The molecule has 3 atom stereocenters. The lowest BCUT2D eigenvalue weighted by Gasteiger charge is -2.12. The Bertz CT molecular complexity index is 281. The second-order valence-electron chi connectivity index (χ2n) is 4.37. The van der Waals surface area contributed by atoms with Gasteiger partial charge in [-0.2, -0.15) is 0 Å². The third kappa shape index (κ3) is 1.84. The van der Waals surface area contributed by atoms with Gasteiger partial charge in [-0.05, 0) is 24.7 Å². The number of aliphatic hydroxyl groups is 1. The molecular formula is C10H15NO4. The van der Waals surface area contributed by atoms with Gasteiger partial charge in [0, 0.05) is 5.92 Å². The van der Waals surface area contributed by atoms with Gasteiger partial charge >= 0.3 is 5.97 Å². The number of nitrogens with one attached hydrogen (secondary N) is 1. The average molecular weight is 213 g/mol. The summed E-state index contributed by atoms with van der Waals surface area (Å²) in [6, 6.07) is -1.15. The third-order valence-corrected chi connectivity index (χ3v) is 3.51. The molecule has 2 aliphatic carbocycles. The van der Waals surface area contributed by atoms with E-state index in [-0.39, 0.29) is 11.8 Å².